The Hall–Kier alpha value is -2.35. The average molecular weight is 359 g/mol. The minimum absolute atomic E-state index is 0.163. The van der Waals surface area contributed by atoms with Crippen molar-refractivity contribution in [2.45, 2.75) is 38.8 Å². The fraction of sp³-hybridized carbons (Fsp3) is 0.421. The van der Waals surface area contributed by atoms with Gasteiger partial charge in [-0.15, -0.1) is 0 Å². The van der Waals surface area contributed by atoms with Crippen LogP contribution in [0.5, 0.6) is 5.75 Å². The summed E-state index contributed by atoms with van der Waals surface area (Å²) in [6.45, 7) is 5.07. The van der Waals surface area contributed by atoms with Crippen LogP contribution >= 0.6 is 0 Å². The molecular formula is C19H25N3O4. The molecule has 2 aromatic rings. The first-order valence-corrected chi connectivity index (χ1v) is 8.75. The molecule has 1 unspecified atom stereocenters. The maximum atomic E-state index is 12.3. The molecule has 2 heterocycles. The molecular weight excluding hydrogens is 334 g/mol. The first kappa shape index (κ1) is 18.4. The summed E-state index contributed by atoms with van der Waals surface area (Å²) in [4.78, 5) is 12.3. The van der Waals surface area contributed by atoms with Gasteiger partial charge in [-0.05, 0) is 18.9 Å². The molecule has 140 valence electrons. The van der Waals surface area contributed by atoms with Crippen LogP contribution in [0, 0.1) is 0 Å². The lowest BCUT2D eigenvalue weighted by atomic mass is 10.2. The van der Waals surface area contributed by atoms with E-state index in [0.717, 1.165) is 5.56 Å². The summed E-state index contributed by atoms with van der Waals surface area (Å²) in [6, 6.07) is 11.2. The van der Waals surface area contributed by atoms with Crippen LogP contribution in [0.3, 0.4) is 0 Å². The summed E-state index contributed by atoms with van der Waals surface area (Å²) in [5.41, 5.74) is 10.9. The van der Waals surface area contributed by atoms with E-state index in [1.165, 1.54) is 6.07 Å². The molecule has 7 heteroatoms. The monoisotopic (exact) mass is 359 g/mol. The van der Waals surface area contributed by atoms with E-state index in [1.54, 1.807) is 17.8 Å². The van der Waals surface area contributed by atoms with Crippen molar-refractivity contribution in [2.75, 3.05) is 18.6 Å². The molecule has 1 saturated heterocycles. The molecule has 0 spiro atoms. The molecule has 1 aliphatic rings. The van der Waals surface area contributed by atoms with Gasteiger partial charge in [-0.2, -0.15) is 0 Å². The molecule has 1 atom stereocenters. The van der Waals surface area contributed by atoms with Crippen LogP contribution < -0.4 is 21.3 Å². The van der Waals surface area contributed by atoms with Crippen molar-refractivity contribution in [3.8, 4) is 5.75 Å². The van der Waals surface area contributed by atoms with Crippen LogP contribution in [0.25, 0.3) is 0 Å². The van der Waals surface area contributed by atoms with Crippen molar-refractivity contribution in [3.63, 3.8) is 0 Å². The standard InChI is InChI=1S/C19H25N3O4/c1-3-15-17(24-13-14-7-5-4-6-8-14)16(23)9-10-22(15)21-18(20)19(2)25-11-12-26-19/h4-10,18,21H,3,11-13,20H2,1-2H3. The Labute approximate surface area is 152 Å². The first-order valence-electron chi connectivity index (χ1n) is 8.75. The van der Waals surface area contributed by atoms with Crippen LogP contribution in [0.1, 0.15) is 25.1 Å². The number of nitrogens with two attached hydrogens (primary N) is 1. The van der Waals surface area contributed by atoms with Gasteiger partial charge in [0.2, 0.25) is 11.2 Å². The van der Waals surface area contributed by atoms with E-state index in [2.05, 4.69) is 5.43 Å². The first-order chi connectivity index (χ1) is 12.5. The highest BCUT2D eigenvalue weighted by molar-refractivity contribution is 5.30. The van der Waals surface area contributed by atoms with E-state index in [-0.39, 0.29) is 5.43 Å². The quantitative estimate of drug-likeness (QED) is 0.730. The summed E-state index contributed by atoms with van der Waals surface area (Å²) >= 11 is 0. The van der Waals surface area contributed by atoms with Gasteiger partial charge >= 0.3 is 0 Å². The lowest BCUT2D eigenvalue weighted by Gasteiger charge is -2.32. The van der Waals surface area contributed by atoms with Crippen molar-refractivity contribution in [1.29, 1.82) is 0 Å². The third-order valence-corrected chi connectivity index (χ3v) is 4.42. The van der Waals surface area contributed by atoms with Crippen LogP contribution in [0.2, 0.25) is 0 Å². The fourth-order valence-corrected chi connectivity index (χ4v) is 2.87. The summed E-state index contributed by atoms with van der Waals surface area (Å²) < 4.78 is 18.7. The smallest absolute Gasteiger partial charge is 0.223 e. The molecule has 1 aliphatic heterocycles. The summed E-state index contributed by atoms with van der Waals surface area (Å²) in [5, 5.41) is 0. The summed E-state index contributed by atoms with van der Waals surface area (Å²) in [6.07, 6.45) is 1.63. The predicted molar refractivity (Wildman–Crippen MR) is 98.5 cm³/mol. The maximum absolute atomic E-state index is 12.3. The second kappa shape index (κ2) is 7.90. The molecule has 3 rings (SSSR count). The molecule has 3 N–H and O–H groups in total. The lowest BCUT2D eigenvalue weighted by Crippen LogP contribution is -2.54. The van der Waals surface area contributed by atoms with Crippen molar-refractivity contribution in [1.82, 2.24) is 4.68 Å². The highest BCUT2D eigenvalue weighted by atomic mass is 16.7. The number of nitrogens with zero attached hydrogens (tertiary/aromatic N) is 1. The number of ether oxygens (including phenoxy) is 3. The molecule has 0 aliphatic carbocycles. The molecule has 0 amide bonds. The molecule has 0 saturated carbocycles. The Kier molecular flexibility index (Phi) is 5.61. The highest BCUT2D eigenvalue weighted by Gasteiger charge is 2.38. The largest absolute Gasteiger partial charge is 0.483 e. The van der Waals surface area contributed by atoms with Crippen molar-refractivity contribution in [3.05, 3.63) is 64.1 Å². The van der Waals surface area contributed by atoms with Gasteiger partial charge in [-0.1, -0.05) is 37.3 Å². The van der Waals surface area contributed by atoms with Gasteiger partial charge in [0, 0.05) is 12.3 Å². The SMILES string of the molecule is CCc1c(OCc2ccccc2)c(=O)ccn1NC(N)C1(C)OCCO1. The van der Waals surface area contributed by atoms with Crippen molar-refractivity contribution in [2.24, 2.45) is 5.73 Å². The number of pyridine rings is 1. The van der Waals surface area contributed by atoms with Gasteiger partial charge < -0.3 is 25.4 Å². The maximum Gasteiger partial charge on any atom is 0.223 e. The van der Waals surface area contributed by atoms with Gasteiger partial charge in [0.25, 0.3) is 0 Å². The lowest BCUT2D eigenvalue weighted by molar-refractivity contribution is -0.154. The highest BCUT2D eigenvalue weighted by Crippen LogP contribution is 2.22. The molecule has 0 bridgehead atoms. The van der Waals surface area contributed by atoms with E-state index in [1.807, 2.05) is 37.3 Å². The molecule has 1 fully saturated rings. The Balaban J connectivity index is 1.81. The Morgan fingerprint density at radius 2 is 1.96 bits per heavy atom. The third-order valence-electron chi connectivity index (χ3n) is 4.42. The van der Waals surface area contributed by atoms with Crippen LogP contribution in [-0.2, 0) is 22.5 Å². The zero-order chi connectivity index (χ0) is 18.6. The Bertz CT molecular complexity index is 785. The number of hydrogen-bond acceptors (Lipinski definition) is 6. The van der Waals surface area contributed by atoms with Crippen LogP contribution in [0.4, 0.5) is 0 Å². The molecule has 7 nitrogen and oxygen atoms in total. The number of benzene rings is 1. The number of hydrogen-bond donors (Lipinski definition) is 2. The predicted octanol–water partition coefficient (Wildman–Crippen LogP) is 1.58. The minimum Gasteiger partial charge on any atom is -0.483 e. The summed E-state index contributed by atoms with van der Waals surface area (Å²) in [5.74, 6) is -0.601. The average Bonchev–Trinajstić information content (AvgIpc) is 3.10. The molecule has 1 aromatic heterocycles. The van der Waals surface area contributed by atoms with Gasteiger partial charge in [0.15, 0.2) is 5.75 Å². The van der Waals surface area contributed by atoms with Crippen LogP contribution in [-0.4, -0.2) is 29.8 Å². The zero-order valence-electron chi connectivity index (χ0n) is 15.1. The molecule has 1 aromatic carbocycles. The normalized spacial score (nSPS) is 17.0. The van der Waals surface area contributed by atoms with Gasteiger partial charge in [0.1, 0.15) is 12.8 Å². The van der Waals surface area contributed by atoms with E-state index in [0.29, 0.717) is 37.7 Å². The summed E-state index contributed by atoms with van der Waals surface area (Å²) in [7, 11) is 0. The van der Waals surface area contributed by atoms with E-state index >= 15 is 0 Å². The Morgan fingerprint density at radius 3 is 2.62 bits per heavy atom. The number of aromatic nitrogens is 1. The molecule has 26 heavy (non-hydrogen) atoms. The van der Waals surface area contributed by atoms with Gasteiger partial charge in [-0.3, -0.25) is 9.47 Å². The van der Waals surface area contributed by atoms with Crippen molar-refractivity contribution < 1.29 is 14.2 Å². The second-order valence-corrected chi connectivity index (χ2v) is 6.27. The van der Waals surface area contributed by atoms with Crippen LogP contribution in [0.15, 0.2) is 47.4 Å². The van der Waals surface area contributed by atoms with Gasteiger partial charge in [-0.25, -0.2) is 0 Å². The minimum atomic E-state index is -0.917. The fourth-order valence-electron chi connectivity index (χ4n) is 2.87. The number of rotatable bonds is 7. The zero-order valence-corrected chi connectivity index (χ0v) is 15.1. The third kappa shape index (κ3) is 3.90. The van der Waals surface area contributed by atoms with Crippen molar-refractivity contribution >= 4 is 0 Å². The number of nitrogens with one attached hydrogen (secondary N) is 1. The molecule has 0 radical (unpaired) electrons. The second-order valence-electron chi connectivity index (χ2n) is 6.27. The van der Waals surface area contributed by atoms with E-state index < -0.39 is 12.0 Å². The topological polar surface area (TPSA) is 87.7 Å². The van der Waals surface area contributed by atoms with E-state index in [9.17, 15) is 4.79 Å². The van der Waals surface area contributed by atoms with Gasteiger partial charge in [0.05, 0.1) is 18.9 Å². The Morgan fingerprint density at radius 1 is 1.27 bits per heavy atom. The van der Waals surface area contributed by atoms with E-state index in [4.69, 9.17) is 19.9 Å².